The van der Waals surface area contributed by atoms with Crippen LogP contribution >= 0.6 is 0 Å². The maximum Gasteiger partial charge on any atom is 0.349 e. The Morgan fingerprint density at radius 1 is 1.27 bits per heavy atom. The minimum atomic E-state index is -0.929. The third-order valence-electron chi connectivity index (χ3n) is 9.87. The Hall–Kier alpha value is -5.28. The molecule has 3 N–H and O–H groups in total. The van der Waals surface area contributed by atoms with Gasteiger partial charge in [-0.1, -0.05) is 18.1 Å². The second kappa shape index (κ2) is 11.5. The third kappa shape index (κ3) is 4.97. The van der Waals surface area contributed by atoms with Gasteiger partial charge in [0.05, 0.1) is 22.8 Å². The van der Waals surface area contributed by atoms with Gasteiger partial charge < -0.3 is 24.9 Å². The van der Waals surface area contributed by atoms with Crippen molar-refractivity contribution in [3.05, 3.63) is 75.5 Å². The molecule has 0 saturated carbocycles. The zero-order valence-electron chi connectivity index (χ0n) is 26.1. The maximum absolute atomic E-state index is 14.9. The highest BCUT2D eigenvalue weighted by Gasteiger charge is 2.49. The summed E-state index contributed by atoms with van der Waals surface area (Å²) in [5.41, 5.74) is 0.761. The highest BCUT2D eigenvalue weighted by Crippen LogP contribution is 2.42. The number of hydrogen-bond donors (Lipinski definition) is 3. The van der Waals surface area contributed by atoms with E-state index >= 15 is 0 Å². The van der Waals surface area contributed by atoms with E-state index in [9.17, 15) is 18.7 Å². The van der Waals surface area contributed by atoms with E-state index in [2.05, 4.69) is 31.4 Å². The number of pyridine rings is 1. The molecule has 0 radical (unpaired) electrons. The monoisotopic (exact) mass is 650 g/mol. The summed E-state index contributed by atoms with van der Waals surface area (Å²) in [5, 5.41) is 18.2. The number of phenolic OH excluding ortho intramolecular Hbond substituents is 1. The number of aryl methyl sites for hydroxylation is 2. The average molecular weight is 651 g/mol. The second-order valence-electron chi connectivity index (χ2n) is 12.8. The van der Waals surface area contributed by atoms with Gasteiger partial charge in [0.25, 0.3) is 0 Å². The molecule has 10 nitrogen and oxygen atoms in total. The van der Waals surface area contributed by atoms with Gasteiger partial charge in [0.2, 0.25) is 0 Å². The summed E-state index contributed by atoms with van der Waals surface area (Å²) in [6.07, 6.45) is 9.71. The first kappa shape index (κ1) is 30.1. The van der Waals surface area contributed by atoms with E-state index in [1.807, 2.05) is 12.1 Å². The number of fused-ring (bicyclic) bond motifs is 4. The topological polar surface area (TPSA) is 126 Å². The Kier molecular flexibility index (Phi) is 7.18. The van der Waals surface area contributed by atoms with Crippen molar-refractivity contribution in [2.75, 3.05) is 30.3 Å². The standard InChI is InChI=1S/C36H32F2N6O4/c1-3-24-26(38)9-7-21-14-23(45)15-25(28(21)24)31-19(2)30-29(34(46)48-31)33(41-27-10-8-20-6-4-12-39-32(20)40-27)43-35(42-30)47-18-36-11-5-13-44(36)17-22(37)16-36/h1,4,6-7,9,12,14-15,22,27,45H,5,8,10-11,13,16-18H2,2H3,(H,39,40)(H,41,42,43)/t22-,27?,36+/m1/s1. The molecule has 8 rings (SSSR count). The van der Waals surface area contributed by atoms with Crippen LogP contribution in [0.1, 0.15) is 42.4 Å². The fourth-order valence-electron chi connectivity index (χ4n) is 7.63. The van der Waals surface area contributed by atoms with Crippen molar-refractivity contribution < 1.29 is 23.0 Å². The number of ether oxygens (including phenoxy) is 1. The van der Waals surface area contributed by atoms with Crippen LogP contribution in [0.25, 0.3) is 33.0 Å². The van der Waals surface area contributed by atoms with Gasteiger partial charge in [0, 0.05) is 35.7 Å². The van der Waals surface area contributed by atoms with Crippen molar-refractivity contribution >= 4 is 33.3 Å². The highest BCUT2D eigenvalue weighted by atomic mass is 19.1. The Morgan fingerprint density at radius 3 is 3.00 bits per heavy atom. The third-order valence-corrected chi connectivity index (χ3v) is 9.87. The number of benzene rings is 2. The lowest BCUT2D eigenvalue weighted by molar-refractivity contribution is 0.107. The minimum absolute atomic E-state index is 0.0126. The Bertz CT molecular complexity index is 2220. The number of anilines is 2. The first-order valence-electron chi connectivity index (χ1n) is 16.0. The molecule has 12 heteroatoms. The van der Waals surface area contributed by atoms with E-state index < -0.39 is 23.2 Å². The van der Waals surface area contributed by atoms with Crippen LogP contribution in [0, 0.1) is 25.1 Å². The number of nitrogens with one attached hydrogen (secondary N) is 2. The highest BCUT2D eigenvalue weighted by molar-refractivity contribution is 6.03. The molecule has 2 fully saturated rings. The average Bonchev–Trinajstić information content (AvgIpc) is 3.60. The number of terminal acetylenes is 1. The molecule has 3 aliphatic rings. The fraction of sp³-hybridized carbons (Fsp3) is 0.333. The van der Waals surface area contributed by atoms with Gasteiger partial charge in [-0.2, -0.15) is 9.97 Å². The predicted octanol–water partition coefficient (Wildman–Crippen LogP) is 5.68. The number of aromatic nitrogens is 3. The molecule has 2 saturated heterocycles. The lowest BCUT2D eigenvalue weighted by Crippen LogP contribution is -2.43. The van der Waals surface area contributed by atoms with Crippen molar-refractivity contribution in [1.82, 2.24) is 19.9 Å². The zero-order valence-corrected chi connectivity index (χ0v) is 26.1. The molecule has 48 heavy (non-hydrogen) atoms. The van der Waals surface area contributed by atoms with Crippen LogP contribution in [-0.2, 0) is 6.42 Å². The van der Waals surface area contributed by atoms with Crippen LogP contribution in [0.5, 0.6) is 11.8 Å². The van der Waals surface area contributed by atoms with Gasteiger partial charge in [-0.25, -0.2) is 18.6 Å². The summed E-state index contributed by atoms with van der Waals surface area (Å²) in [6.45, 7) is 3.08. The number of rotatable bonds is 6. The van der Waals surface area contributed by atoms with Crippen LogP contribution in [0.15, 0.2) is 51.8 Å². The van der Waals surface area contributed by atoms with Crippen LogP contribution in [0.4, 0.5) is 20.4 Å². The molecule has 1 unspecified atom stereocenters. The Morgan fingerprint density at radius 2 is 2.15 bits per heavy atom. The summed E-state index contributed by atoms with van der Waals surface area (Å²) >= 11 is 0. The van der Waals surface area contributed by atoms with Crippen LogP contribution < -0.4 is 21.0 Å². The molecule has 244 valence electrons. The quantitative estimate of drug-likeness (QED) is 0.198. The summed E-state index contributed by atoms with van der Waals surface area (Å²) < 4.78 is 41.7. The molecule has 3 atom stereocenters. The molecule has 0 aliphatic carbocycles. The summed E-state index contributed by atoms with van der Waals surface area (Å²) in [7, 11) is 0. The van der Waals surface area contributed by atoms with Gasteiger partial charge >= 0.3 is 11.6 Å². The van der Waals surface area contributed by atoms with E-state index in [1.54, 1.807) is 13.1 Å². The fourth-order valence-corrected chi connectivity index (χ4v) is 7.63. The van der Waals surface area contributed by atoms with E-state index in [1.165, 1.54) is 24.3 Å². The second-order valence-corrected chi connectivity index (χ2v) is 12.8. The molecule has 3 aromatic heterocycles. The van der Waals surface area contributed by atoms with Gasteiger partial charge in [-0.05, 0) is 74.4 Å². The Labute approximate surface area is 274 Å². The largest absolute Gasteiger partial charge is 0.508 e. The molecule has 0 bridgehead atoms. The van der Waals surface area contributed by atoms with Gasteiger partial charge in [-0.15, -0.1) is 6.42 Å². The summed E-state index contributed by atoms with van der Waals surface area (Å²) in [4.78, 5) is 29.9. The van der Waals surface area contributed by atoms with Crippen molar-refractivity contribution in [2.24, 2.45) is 0 Å². The molecule has 0 amide bonds. The lowest BCUT2D eigenvalue weighted by atomic mass is 9.95. The number of alkyl halides is 1. The molecule has 2 aromatic carbocycles. The minimum Gasteiger partial charge on any atom is -0.508 e. The number of phenols is 1. The molecule has 0 spiro atoms. The number of hydrogen-bond acceptors (Lipinski definition) is 10. The van der Waals surface area contributed by atoms with Gasteiger partial charge in [-0.3, -0.25) is 4.90 Å². The lowest BCUT2D eigenvalue weighted by Gasteiger charge is -2.31. The van der Waals surface area contributed by atoms with Crippen molar-refractivity contribution in [1.29, 1.82) is 0 Å². The van der Waals surface area contributed by atoms with E-state index in [-0.39, 0.29) is 58.1 Å². The van der Waals surface area contributed by atoms with E-state index in [4.69, 9.17) is 20.6 Å². The molecule has 6 heterocycles. The number of aromatic hydroxyl groups is 1. The Balaban J connectivity index is 1.27. The van der Waals surface area contributed by atoms with Crippen LogP contribution in [0.2, 0.25) is 0 Å². The molecule has 3 aliphatic heterocycles. The van der Waals surface area contributed by atoms with Crippen molar-refractivity contribution in [3.63, 3.8) is 0 Å². The predicted molar refractivity (Wildman–Crippen MR) is 177 cm³/mol. The number of nitrogens with zero attached hydrogens (tertiary/aromatic N) is 4. The van der Waals surface area contributed by atoms with E-state index in [0.717, 1.165) is 37.2 Å². The van der Waals surface area contributed by atoms with Gasteiger partial charge in [0.15, 0.2) is 0 Å². The van der Waals surface area contributed by atoms with Crippen molar-refractivity contribution in [2.45, 2.75) is 56.9 Å². The van der Waals surface area contributed by atoms with Crippen LogP contribution in [0.3, 0.4) is 0 Å². The summed E-state index contributed by atoms with van der Waals surface area (Å²) in [5.74, 6) is 2.65. The maximum atomic E-state index is 14.9. The van der Waals surface area contributed by atoms with Crippen molar-refractivity contribution in [3.8, 4) is 35.4 Å². The number of halogens is 2. The van der Waals surface area contributed by atoms with Gasteiger partial charge in [0.1, 0.15) is 47.1 Å². The summed E-state index contributed by atoms with van der Waals surface area (Å²) in [6, 6.07) is 9.49. The van der Waals surface area contributed by atoms with E-state index in [0.29, 0.717) is 35.7 Å². The molecular formula is C36H32F2N6O4. The smallest absolute Gasteiger partial charge is 0.349 e. The first-order chi connectivity index (χ1) is 23.2. The van der Waals surface area contributed by atoms with Crippen LogP contribution in [-0.4, -0.2) is 62.5 Å². The molecule has 5 aromatic rings. The first-order valence-corrected chi connectivity index (χ1v) is 16.0. The SMILES string of the molecule is C#Cc1c(F)ccc2cc(O)cc(-c3oc(=O)c4c(NC5CCc6cccnc6N5)nc(OC[C@@]56CCCN5C[C@H](F)C6)nc4c3C)c12. The zero-order chi connectivity index (χ0) is 33.2. The normalized spacial score (nSPS) is 21.9. The molecular weight excluding hydrogens is 618 g/mol.